The highest BCUT2D eigenvalue weighted by molar-refractivity contribution is 6.96. The van der Waals surface area contributed by atoms with Crippen molar-refractivity contribution in [1.29, 1.82) is 0 Å². The molecule has 0 bridgehead atoms. The van der Waals surface area contributed by atoms with Crippen LogP contribution in [0.4, 0.5) is 0 Å². The Bertz CT molecular complexity index is 72.8. The molecular formula is C5H12ClNSi. The molecule has 0 aromatic carbocycles. The van der Waals surface area contributed by atoms with Crippen LogP contribution >= 0.6 is 11.1 Å². The summed E-state index contributed by atoms with van der Waals surface area (Å²) >= 11 is 5.52. The topological polar surface area (TPSA) is 3.24 Å². The molecule has 0 aliphatic rings. The van der Waals surface area contributed by atoms with E-state index in [4.69, 9.17) is 11.1 Å². The minimum atomic E-state index is -0.364. The molecule has 0 radical (unpaired) electrons. The summed E-state index contributed by atoms with van der Waals surface area (Å²) in [5, 5.41) is 0. The van der Waals surface area contributed by atoms with Crippen LogP contribution in [0, 0.1) is 0 Å². The Balaban J connectivity index is 3.03. The van der Waals surface area contributed by atoms with Crippen LogP contribution < -0.4 is 0 Å². The van der Waals surface area contributed by atoms with Gasteiger partial charge in [-0.1, -0.05) is 11.8 Å². The predicted molar refractivity (Wildman–Crippen MR) is 42.1 cm³/mol. The highest BCUT2D eigenvalue weighted by Gasteiger charge is 1.79. The van der Waals surface area contributed by atoms with Crippen LogP contribution in [0.15, 0.2) is 11.8 Å². The standard InChI is InChI=1S/C5H12ClNSi/c1-7(2)4-3-5-8-6/h3,5H,4,8H2,1-2H3. The van der Waals surface area contributed by atoms with Gasteiger partial charge >= 0.3 is 0 Å². The van der Waals surface area contributed by atoms with Gasteiger partial charge in [-0.3, -0.25) is 0 Å². The molecule has 1 nitrogen and oxygen atoms in total. The van der Waals surface area contributed by atoms with Gasteiger partial charge in [0, 0.05) is 6.54 Å². The molecule has 0 spiro atoms. The Hall–Kier alpha value is 0.207. The molecule has 0 atom stereocenters. The summed E-state index contributed by atoms with van der Waals surface area (Å²) in [6, 6.07) is 0. The summed E-state index contributed by atoms with van der Waals surface area (Å²) in [7, 11) is 3.72. The second-order valence-corrected chi connectivity index (χ2v) is 3.59. The van der Waals surface area contributed by atoms with Crippen molar-refractivity contribution in [1.82, 2.24) is 4.90 Å². The Morgan fingerprint density at radius 1 is 1.62 bits per heavy atom. The molecule has 0 unspecified atom stereocenters. The van der Waals surface area contributed by atoms with Gasteiger partial charge in [-0.15, -0.1) is 0 Å². The monoisotopic (exact) mass is 149 g/mol. The first-order valence-electron chi connectivity index (χ1n) is 2.63. The molecule has 0 fully saturated rings. The average molecular weight is 150 g/mol. The van der Waals surface area contributed by atoms with Gasteiger partial charge in [-0.2, -0.15) is 11.1 Å². The summed E-state index contributed by atoms with van der Waals surface area (Å²) < 4.78 is 0. The molecular weight excluding hydrogens is 138 g/mol. The molecule has 0 saturated heterocycles. The van der Waals surface area contributed by atoms with Crippen molar-refractivity contribution in [2.75, 3.05) is 20.6 Å². The number of rotatable bonds is 3. The van der Waals surface area contributed by atoms with Crippen LogP contribution in [0.2, 0.25) is 0 Å². The number of hydrogen-bond acceptors (Lipinski definition) is 1. The molecule has 0 aliphatic heterocycles. The zero-order chi connectivity index (χ0) is 6.41. The van der Waals surface area contributed by atoms with Gasteiger partial charge in [0.25, 0.3) is 0 Å². The van der Waals surface area contributed by atoms with Crippen molar-refractivity contribution in [3.05, 3.63) is 11.8 Å². The van der Waals surface area contributed by atoms with Crippen molar-refractivity contribution in [2.24, 2.45) is 0 Å². The lowest BCUT2D eigenvalue weighted by Crippen LogP contribution is -2.10. The van der Waals surface area contributed by atoms with Gasteiger partial charge in [0.1, 0.15) is 8.83 Å². The smallest absolute Gasteiger partial charge is 0.148 e. The van der Waals surface area contributed by atoms with E-state index in [-0.39, 0.29) is 8.83 Å². The van der Waals surface area contributed by atoms with E-state index >= 15 is 0 Å². The van der Waals surface area contributed by atoms with E-state index in [2.05, 4.69) is 16.7 Å². The van der Waals surface area contributed by atoms with E-state index in [1.54, 1.807) is 0 Å². The lowest BCUT2D eigenvalue weighted by atomic mass is 10.6. The molecule has 0 N–H and O–H groups in total. The molecule has 0 aromatic heterocycles. The zero-order valence-electron chi connectivity index (χ0n) is 5.39. The van der Waals surface area contributed by atoms with Crippen LogP contribution in [0.1, 0.15) is 0 Å². The minimum Gasteiger partial charge on any atom is -0.306 e. The van der Waals surface area contributed by atoms with Gasteiger partial charge in [-0.25, -0.2) is 0 Å². The summed E-state index contributed by atoms with van der Waals surface area (Å²) in [5.41, 5.74) is 2.08. The molecule has 0 heterocycles. The summed E-state index contributed by atoms with van der Waals surface area (Å²) in [4.78, 5) is 2.11. The van der Waals surface area contributed by atoms with Gasteiger partial charge in [-0.05, 0) is 14.1 Å². The van der Waals surface area contributed by atoms with Crippen LogP contribution in [0.5, 0.6) is 0 Å². The van der Waals surface area contributed by atoms with E-state index in [0.29, 0.717) is 0 Å². The van der Waals surface area contributed by atoms with E-state index in [1.807, 2.05) is 14.1 Å². The van der Waals surface area contributed by atoms with E-state index < -0.39 is 0 Å². The maximum Gasteiger partial charge on any atom is 0.148 e. The third kappa shape index (κ3) is 6.21. The normalized spacial score (nSPS) is 13.0. The Kier molecular flexibility index (Phi) is 5.48. The Morgan fingerprint density at radius 3 is 2.62 bits per heavy atom. The molecule has 0 rings (SSSR count). The maximum atomic E-state index is 5.52. The third-order valence-electron chi connectivity index (χ3n) is 0.726. The zero-order valence-corrected chi connectivity index (χ0v) is 7.56. The molecule has 0 saturated carbocycles. The second kappa shape index (κ2) is 5.35. The molecule has 0 aromatic rings. The van der Waals surface area contributed by atoms with Crippen molar-refractivity contribution in [3.8, 4) is 0 Å². The fourth-order valence-electron chi connectivity index (χ4n) is 0.348. The largest absolute Gasteiger partial charge is 0.306 e. The van der Waals surface area contributed by atoms with Crippen LogP contribution in [-0.4, -0.2) is 34.4 Å². The molecule has 0 amide bonds. The Labute approximate surface area is 57.9 Å². The van der Waals surface area contributed by atoms with Crippen molar-refractivity contribution < 1.29 is 0 Å². The second-order valence-electron chi connectivity index (χ2n) is 1.89. The van der Waals surface area contributed by atoms with Crippen LogP contribution in [0.25, 0.3) is 0 Å². The van der Waals surface area contributed by atoms with Gasteiger partial charge < -0.3 is 4.90 Å². The van der Waals surface area contributed by atoms with E-state index in [9.17, 15) is 0 Å². The molecule has 8 heavy (non-hydrogen) atoms. The van der Waals surface area contributed by atoms with E-state index in [0.717, 1.165) is 6.54 Å². The lowest BCUT2D eigenvalue weighted by molar-refractivity contribution is 0.457. The van der Waals surface area contributed by atoms with Gasteiger partial charge in [0.05, 0.1) is 0 Å². The lowest BCUT2D eigenvalue weighted by Gasteiger charge is -2.02. The first kappa shape index (κ1) is 8.21. The SMILES string of the molecule is CN(C)CC=C[SiH2]Cl. The predicted octanol–water partition coefficient (Wildman–Crippen LogP) is 0.384. The summed E-state index contributed by atoms with van der Waals surface area (Å²) in [6.45, 7) is 1.01. The van der Waals surface area contributed by atoms with Crippen LogP contribution in [0.3, 0.4) is 0 Å². The minimum absolute atomic E-state index is 0.364. The highest BCUT2D eigenvalue weighted by Crippen LogP contribution is 1.77. The first-order chi connectivity index (χ1) is 3.77. The molecule has 48 valence electrons. The molecule has 0 aliphatic carbocycles. The highest BCUT2D eigenvalue weighted by atomic mass is 35.6. The maximum absolute atomic E-state index is 5.52. The van der Waals surface area contributed by atoms with Crippen molar-refractivity contribution in [3.63, 3.8) is 0 Å². The summed E-state index contributed by atoms with van der Waals surface area (Å²) in [6.07, 6.45) is 2.11. The summed E-state index contributed by atoms with van der Waals surface area (Å²) in [5.74, 6) is 0. The Morgan fingerprint density at radius 2 is 2.25 bits per heavy atom. The average Bonchev–Trinajstić information content (AvgIpc) is 1.66. The van der Waals surface area contributed by atoms with Crippen molar-refractivity contribution in [2.45, 2.75) is 0 Å². The molecule has 3 heteroatoms. The fraction of sp³-hybridized carbons (Fsp3) is 0.600. The number of halogens is 1. The quantitative estimate of drug-likeness (QED) is 0.415. The van der Waals surface area contributed by atoms with Crippen LogP contribution in [-0.2, 0) is 0 Å². The first-order valence-corrected chi connectivity index (χ1v) is 5.58. The number of likely N-dealkylation sites (N-methyl/N-ethyl adjacent to an activating group) is 1. The van der Waals surface area contributed by atoms with Gasteiger partial charge in [0.15, 0.2) is 0 Å². The van der Waals surface area contributed by atoms with Crippen molar-refractivity contribution >= 4 is 19.9 Å². The van der Waals surface area contributed by atoms with Gasteiger partial charge in [0.2, 0.25) is 0 Å². The fourth-order valence-corrected chi connectivity index (χ4v) is 1.00. The number of hydrogen-bond donors (Lipinski definition) is 0. The number of nitrogens with zero attached hydrogens (tertiary/aromatic N) is 1. The third-order valence-corrected chi connectivity index (χ3v) is 1.77. The van der Waals surface area contributed by atoms with E-state index in [1.165, 1.54) is 0 Å².